The van der Waals surface area contributed by atoms with Crippen molar-refractivity contribution in [1.29, 1.82) is 0 Å². The fourth-order valence-corrected chi connectivity index (χ4v) is 0.950. The third kappa shape index (κ3) is 3.37. The zero-order valence-corrected chi connectivity index (χ0v) is 8.84. The van der Waals surface area contributed by atoms with Crippen molar-refractivity contribution in [3.63, 3.8) is 0 Å². The Morgan fingerprint density at radius 2 is 0.824 bits per heavy atom. The number of hydrogen-bond donors (Lipinski definition) is 0. The fourth-order valence-electron chi connectivity index (χ4n) is 0.950. The number of amides is 4. The maximum absolute atomic E-state index is 10.4. The second-order valence-electron chi connectivity index (χ2n) is 3.14. The molecule has 0 radical (unpaired) electrons. The van der Waals surface area contributed by atoms with E-state index < -0.39 is 0 Å². The lowest BCUT2D eigenvalue weighted by atomic mass is 10.6. The van der Waals surface area contributed by atoms with Crippen LogP contribution in [-0.4, -0.2) is 47.5 Å². The van der Waals surface area contributed by atoms with Gasteiger partial charge in [0.25, 0.3) is 23.6 Å². The summed E-state index contributed by atoms with van der Waals surface area (Å²) >= 11 is 0. The van der Waals surface area contributed by atoms with Gasteiger partial charge in [0.2, 0.25) is 0 Å². The van der Waals surface area contributed by atoms with Crippen LogP contribution < -0.4 is 0 Å². The summed E-state index contributed by atoms with van der Waals surface area (Å²) in [4.78, 5) is 43.7. The van der Waals surface area contributed by atoms with E-state index in [2.05, 4.69) is 0 Å². The molecule has 0 bridgehead atoms. The Kier molecular flexibility index (Phi) is 4.98. The summed E-state index contributed by atoms with van der Waals surface area (Å²) in [5.74, 6) is -0.963. The van der Waals surface area contributed by atoms with Crippen LogP contribution in [0, 0.1) is 0 Å². The van der Waals surface area contributed by atoms with Crippen LogP contribution in [0.4, 0.5) is 0 Å². The molecular formula is C11H14N2O4. The van der Waals surface area contributed by atoms with E-state index in [-0.39, 0.29) is 31.1 Å². The third-order valence-electron chi connectivity index (χ3n) is 2.06. The second-order valence-corrected chi connectivity index (χ2v) is 3.14. The van der Waals surface area contributed by atoms with Crippen molar-refractivity contribution in [2.24, 2.45) is 0 Å². The van der Waals surface area contributed by atoms with Gasteiger partial charge in [0.15, 0.2) is 0 Å². The number of imide groups is 2. The molecule has 0 aromatic rings. The summed E-state index contributed by atoms with van der Waals surface area (Å²) in [6, 6.07) is 0. The van der Waals surface area contributed by atoms with Crippen molar-refractivity contribution in [3.8, 4) is 0 Å². The average Bonchev–Trinajstić information content (AvgIpc) is 2.70. The summed E-state index contributed by atoms with van der Waals surface area (Å²) in [6.45, 7) is 0. The van der Waals surface area contributed by atoms with Crippen LogP contribution in [0.5, 0.6) is 0 Å². The molecular weight excluding hydrogens is 224 g/mol. The predicted octanol–water partition coefficient (Wildman–Crippen LogP) is -0.281. The van der Waals surface area contributed by atoms with E-state index in [0.29, 0.717) is 0 Å². The smallest absolute Gasteiger partial charge is 0.253 e. The molecule has 6 heteroatoms. The van der Waals surface area contributed by atoms with E-state index in [1.54, 1.807) is 0 Å². The molecule has 0 aromatic carbocycles. The maximum atomic E-state index is 10.4. The van der Waals surface area contributed by atoms with E-state index in [4.69, 9.17) is 0 Å². The maximum Gasteiger partial charge on any atom is 0.253 e. The number of carbonyl (C=O) groups is 4. The third-order valence-corrected chi connectivity index (χ3v) is 2.06. The topological polar surface area (TPSA) is 74.8 Å². The predicted molar refractivity (Wildman–Crippen MR) is 60.6 cm³/mol. The minimum absolute atomic E-state index is 0. The average molecular weight is 238 g/mol. The molecule has 0 saturated heterocycles. The van der Waals surface area contributed by atoms with Gasteiger partial charge >= 0.3 is 0 Å². The van der Waals surface area contributed by atoms with Crippen LogP contribution in [0.1, 0.15) is 7.43 Å². The van der Waals surface area contributed by atoms with Gasteiger partial charge in [0.1, 0.15) is 0 Å². The Morgan fingerprint density at radius 1 is 0.647 bits per heavy atom. The first kappa shape index (κ1) is 14.8. The lowest BCUT2D eigenvalue weighted by Gasteiger charge is -2.01. The van der Waals surface area contributed by atoms with Crippen LogP contribution in [0.3, 0.4) is 0 Å². The molecule has 0 fully saturated rings. The first-order valence-electron chi connectivity index (χ1n) is 4.43. The molecule has 0 spiro atoms. The summed E-state index contributed by atoms with van der Waals surface area (Å²) in [5.41, 5.74) is 0. The molecule has 4 amide bonds. The van der Waals surface area contributed by atoms with Crippen LogP contribution in [-0.2, 0) is 19.2 Å². The minimum atomic E-state index is -0.241. The zero-order valence-electron chi connectivity index (χ0n) is 8.84. The van der Waals surface area contributed by atoms with Crippen LogP contribution >= 0.6 is 0 Å². The lowest BCUT2D eigenvalue weighted by Crippen LogP contribution is -2.24. The van der Waals surface area contributed by atoms with Crippen LogP contribution in [0.25, 0.3) is 0 Å². The summed E-state index contributed by atoms with van der Waals surface area (Å²) < 4.78 is 0. The quantitative estimate of drug-likeness (QED) is 0.544. The van der Waals surface area contributed by atoms with E-state index in [0.717, 1.165) is 9.80 Å². The Hall–Kier alpha value is -2.24. The van der Waals surface area contributed by atoms with Crippen LogP contribution in [0.2, 0.25) is 0 Å². The Labute approximate surface area is 99.2 Å². The fraction of sp³-hybridized carbons (Fsp3) is 0.273. The summed E-state index contributed by atoms with van der Waals surface area (Å²) in [6.07, 6.45) is 5.01. The van der Waals surface area contributed by atoms with Gasteiger partial charge in [-0.1, -0.05) is 7.43 Å². The summed E-state index contributed by atoms with van der Waals surface area (Å²) in [7, 11) is 2.90. The lowest BCUT2D eigenvalue weighted by molar-refractivity contribution is -0.136. The Balaban J connectivity index is 0.000000284. The van der Waals surface area contributed by atoms with Gasteiger partial charge in [-0.3, -0.25) is 29.0 Å². The Morgan fingerprint density at radius 3 is 0.882 bits per heavy atom. The van der Waals surface area contributed by atoms with Gasteiger partial charge in [0.05, 0.1) is 0 Å². The molecule has 6 nitrogen and oxygen atoms in total. The highest BCUT2D eigenvalue weighted by molar-refractivity contribution is 6.13. The minimum Gasteiger partial charge on any atom is -0.279 e. The van der Waals surface area contributed by atoms with Gasteiger partial charge < -0.3 is 0 Å². The number of nitrogens with zero attached hydrogens (tertiary/aromatic N) is 2. The van der Waals surface area contributed by atoms with Crippen molar-refractivity contribution in [2.75, 3.05) is 14.1 Å². The standard InChI is InChI=1S/2C5H5NO2.CH4/c2*1-6-4(7)2-3-5(6)8;/h2*2-3H,1H3;1H4. The highest BCUT2D eigenvalue weighted by atomic mass is 16.2. The number of hydrogen-bond acceptors (Lipinski definition) is 4. The van der Waals surface area contributed by atoms with Crippen molar-refractivity contribution in [2.45, 2.75) is 7.43 Å². The molecule has 2 heterocycles. The number of carbonyl (C=O) groups excluding carboxylic acids is 4. The first-order valence-corrected chi connectivity index (χ1v) is 4.43. The largest absolute Gasteiger partial charge is 0.279 e. The van der Waals surface area contributed by atoms with E-state index >= 15 is 0 Å². The number of rotatable bonds is 0. The van der Waals surface area contributed by atoms with Crippen molar-refractivity contribution in [1.82, 2.24) is 9.80 Å². The molecule has 0 aromatic heterocycles. The van der Waals surface area contributed by atoms with Crippen molar-refractivity contribution < 1.29 is 19.2 Å². The van der Waals surface area contributed by atoms with Gasteiger partial charge in [-0.05, 0) is 0 Å². The van der Waals surface area contributed by atoms with E-state index in [9.17, 15) is 19.2 Å². The molecule has 0 atom stereocenters. The molecule has 0 aliphatic carbocycles. The highest BCUT2D eigenvalue weighted by Crippen LogP contribution is 1.97. The number of likely N-dealkylation sites (N-methyl/N-ethyl adjacent to an activating group) is 2. The molecule has 0 N–H and O–H groups in total. The monoisotopic (exact) mass is 238 g/mol. The van der Waals surface area contributed by atoms with Crippen LogP contribution in [0.15, 0.2) is 24.3 Å². The molecule has 2 rings (SSSR count). The van der Waals surface area contributed by atoms with E-state index in [1.165, 1.54) is 38.4 Å². The molecule has 0 saturated carbocycles. The molecule has 92 valence electrons. The molecule has 2 aliphatic rings. The molecule has 2 aliphatic heterocycles. The van der Waals surface area contributed by atoms with Gasteiger partial charge in [-0.15, -0.1) is 0 Å². The van der Waals surface area contributed by atoms with Crippen molar-refractivity contribution >= 4 is 23.6 Å². The van der Waals surface area contributed by atoms with Gasteiger partial charge in [-0.2, -0.15) is 0 Å². The molecule has 0 unspecified atom stereocenters. The van der Waals surface area contributed by atoms with Gasteiger partial charge in [-0.25, -0.2) is 0 Å². The molecule has 17 heavy (non-hydrogen) atoms. The van der Waals surface area contributed by atoms with Crippen molar-refractivity contribution in [3.05, 3.63) is 24.3 Å². The normalized spacial score (nSPS) is 17.3. The zero-order chi connectivity index (χ0) is 12.3. The highest BCUT2D eigenvalue weighted by Gasteiger charge is 2.17. The Bertz CT molecular complexity index is 347. The van der Waals surface area contributed by atoms with Gasteiger partial charge in [0, 0.05) is 38.4 Å². The SMILES string of the molecule is C.CN1C(=O)C=CC1=O.CN1C(=O)C=CC1=O. The second kappa shape index (κ2) is 5.74. The van der Waals surface area contributed by atoms with E-state index in [1.807, 2.05) is 0 Å². The first-order chi connectivity index (χ1) is 7.43. The summed E-state index contributed by atoms with van der Waals surface area (Å²) in [5, 5.41) is 0.